The van der Waals surface area contributed by atoms with Crippen LogP contribution in [0.4, 0.5) is 0 Å². The molecule has 0 spiro atoms. The van der Waals surface area contributed by atoms with Gasteiger partial charge in [-0.25, -0.2) is 0 Å². The van der Waals surface area contributed by atoms with Gasteiger partial charge in [-0.1, -0.05) is 24.3 Å². The maximum absolute atomic E-state index is 12.6. The smallest absolute Gasteiger partial charge is 0.243 e. The van der Waals surface area contributed by atoms with E-state index in [0.717, 1.165) is 16.7 Å². The number of hydrogen-bond acceptors (Lipinski definition) is 3. The van der Waals surface area contributed by atoms with E-state index in [2.05, 4.69) is 10.4 Å². The Morgan fingerprint density at radius 1 is 1.30 bits per heavy atom. The molecule has 23 heavy (non-hydrogen) atoms. The third-order valence-electron chi connectivity index (χ3n) is 4.18. The first-order valence-electron chi connectivity index (χ1n) is 7.64. The molecule has 0 fully saturated rings. The molecule has 0 saturated heterocycles. The van der Waals surface area contributed by atoms with Gasteiger partial charge in [-0.15, -0.1) is 0 Å². The summed E-state index contributed by atoms with van der Waals surface area (Å²) in [6.45, 7) is 2.41. The number of amides is 2. The van der Waals surface area contributed by atoms with E-state index in [1.807, 2.05) is 37.5 Å². The van der Waals surface area contributed by atoms with Crippen LogP contribution in [0.3, 0.4) is 0 Å². The Morgan fingerprint density at radius 3 is 2.70 bits per heavy atom. The van der Waals surface area contributed by atoms with Crippen LogP contribution in [0.2, 0.25) is 0 Å². The largest absolute Gasteiger partial charge is 0.350 e. The summed E-state index contributed by atoms with van der Waals surface area (Å²) in [5.74, 6) is -0.209. The van der Waals surface area contributed by atoms with Gasteiger partial charge in [0.15, 0.2) is 0 Å². The number of nitrogens with zero attached hydrogens (tertiary/aromatic N) is 3. The number of aromatic nitrogens is 2. The second-order valence-electron chi connectivity index (χ2n) is 5.88. The maximum atomic E-state index is 12.6. The predicted octanol–water partition coefficient (Wildman–Crippen LogP) is 1.01. The van der Waals surface area contributed by atoms with Gasteiger partial charge in [0.05, 0.1) is 6.20 Å². The minimum Gasteiger partial charge on any atom is -0.350 e. The van der Waals surface area contributed by atoms with E-state index >= 15 is 0 Å². The van der Waals surface area contributed by atoms with Crippen LogP contribution in [0.1, 0.15) is 23.6 Å². The fourth-order valence-corrected chi connectivity index (χ4v) is 2.96. The van der Waals surface area contributed by atoms with Crippen molar-refractivity contribution in [3.8, 4) is 0 Å². The highest BCUT2D eigenvalue weighted by molar-refractivity contribution is 5.87. The number of carbonyl (C=O) groups excluding carboxylic acids is 2. The van der Waals surface area contributed by atoms with Crippen molar-refractivity contribution in [2.75, 3.05) is 0 Å². The van der Waals surface area contributed by atoms with Gasteiger partial charge in [0.2, 0.25) is 11.8 Å². The molecule has 2 amide bonds. The third kappa shape index (κ3) is 3.26. The number of hydrogen-bond donors (Lipinski definition) is 1. The number of rotatable bonds is 3. The van der Waals surface area contributed by atoms with Gasteiger partial charge >= 0.3 is 0 Å². The zero-order valence-electron chi connectivity index (χ0n) is 13.3. The van der Waals surface area contributed by atoms with Gasteiger partial charge in [0.25, 0.3) is 0 Å². The van der Waals surface area contributed by atoms with Crippen molar-refractivity contribution in [2.24, 2.45) is 7.05 Å². The summed E-state index contributed by atoms with van der Waals surface area (Å²) in [7, 11) is 1.83. The molecule has 0 bridgehead atoms. The normalized spacial score (nSPS) is 16.8. The van der Waals surface area contributed by atoms with Crippen LogP contribution in [-0.2, 0) is 36.1 Å². The molecule has 1 N–H and O–H groups in total. The molecule has 1 aromatic carbocycles. The first-order valence-corrected chi connectivity index (χ1v) is 7.64. The summed E-state index contributed by atoms with van der Waals surface area (Å²) in [5.41, 5.74) is 3.18. The van der Waals surface area contributed by atoms with E-state index in [4.69, 9.17) is 0 Å². The highest BCUT2D eigenvalue weighted by Crippen LogP contribution is 2.23. The Hall–Kier alpha value is -2.63. The summed E-state index contributed by atoms with van der Waals surface area (Å²) in [6.07, 6.45) is 4.13. The molecule has 6 nitrogen and oxygen atoms in total. The van der Waals surface area contributed by atoms with Gasteiger partial charge in [0.1, 0.15) is 6.04 Å². The van der Waals surface area contributed by atoms with Gasteiger partial charge in [-0.2, -0.15) is 5.10 Å². The molecular formula is C17H20N4O2. The van der Waals surface area contributed by atoms with Gasteiger partial charge in [-0.3, -0.25) is 14.3 Å². The Kier molecular flexibility index (Phi) is 4.14. The second kappa shape index (κ2) is 6.24. The monoisotopic (exact) mass is 312 g/mol. The van der Waals surface area contributed by atoms with E-state index in [1.54, 1.807) is 15.8 Å². The predicted molar refractivity (Wildman–Crippen MR) is 85.2 cm³/mol. The molecule has 1 aliphatic heterocycles. The lowest BCUT2D eigenvalue weighted by Crippen LogP contribution is -2.51. The molecule has 0 radical (unpaired) electrons. The molecule has 120 valence electrons. The van der Waals surface area contributed by atoms with E-state index in [1.165, 1.54) is 6.92 Å². The van der Waals surface area contributed by atoms with Crippen molar-refractivity contribution >= 4 is 11.8 Å². The van der Waals surface area contributed by atoms with E-state index in [9.17, 15) is 9.59 Å². The average Bonchev–Trinajstić information content (AvgIpc) is 2.96. The first kappa shape index (κ1) is 15.3. The number of aryl methyl sites for hydroxylation is 1. The van der Waals surface area contributed by atoms with Crippen molar-refractivity contribution in [2.45, 2.75) is 32.5 Å². The molecule has 3 rings (SSSR count). The number of benzene rings is 1. The molecule has 0 saturated carbocycles. The summed E-state index contributed by atoms with van der Waals surface area (Å²) in [6, 6.07) is 7.50. The number of fused-ring (bicyclic) bond motifs is 1. The van der Waals surface area contributed by atoms with Crippen LogP contribution in [0.25, 0.3) is 0 Å². The Balaban J connectivity index is 1.73. The Morgan fingerprint density at radius 2 is 2.04 bits per heavy atom. The average molecular weight is 312 g/mol. The standard InChI is InChI=1S/C17H20N4O2/c1-12(22)21-11-15-6-4-3-5-14(15)7-16(21)17(23)18-8-13-9-19-20(2)10-13/h3-6,9-10,16H,7-8,11H2,1-2H3,(H,18,23)/t16-/m0/s1. The third-order valence-corrected chi connectivity index (χ3v) is 4.18. The highest BCUT2D eigenvalue weighted by atomic mass is 16.2. The topological polar surface area (TPSA) is 67.2 Å². The zero-order valence-corrected chi connectivity index (χ0v) is 13.3. The highest BCUT2D eigenvalue weighted by Gasteiger charge is 2.32. The van der Waals surface area contributed by atoms with Crippen LogP contribution in [0, 0.1) is 0 Å². The zero-order chi connectivity index (χ0) is 16.4. The van der Waals surface area contributed by atoms with Crippen molar-refractivity contribution < 1.29 is 9.59 Å². The fraction of sp³-hybridized carbons (Fsp3) is 0.353. The van der Waals surface area contributed by atoms with Crippen LogP contribution < -0.4 is 5.32 Å². The molecule has 1 atom stereocenters. The van der Waals surface area contributed by atoms with Crippen molar-refractivity contribution in [3.05, 3.63) is 53.3 Å². The lowest BCUT2D eigenvalue weighted by Gasteiger charge is -2.35. The van der Waals surface area contributed by atoms with Gasteiger partial charge < -0.3 is 10.2 Å². The summed E-state index contributed by atoms with van der Waals surface area (Å²) >= 11 is 0. The number of nitrogens with one attached hydrogen (secondary N) is 1. The molecule has 0 unspecified atom stereocenters. The second-order valence-corrected chi connectivity index (χ2v) is 5.88. The van der Waals surface area contributed by atoms with Gasteiger partial charge in [-0.05, 0) is 11.1 Å². The SMILES string of the molecule is CC(=O)N1Cc2ccccc2C[C@H]1C(=O)NCc1cnn(C)c1. The Bertz CT molecular complexity index is 738. The van der Waals surface area contributed by atoms with E-state index in [0.29, 0.717) is 19.5 Å². The quantitative estimate of drug-likeness (QED) is 0.920. The van der Waals surface area contributed by atoms with Crippen molar-refractivity contribution in [3.63, 3.8) is 0 Å². The lowest BCUT2D eigenvalue weighted by molar-refractivity contribution is -0.140. The molecule has 1 aliphatic rings. The molecule has 2 aromatic rings. The minimum absolute atomic E-state index is 0.0824. The van der Waals surface area contributed by atoms with Crippen LogP contribution in [0.5, 0.6) is 0 Å². The van der Waals surface area contributed by atoms with Crippen LogP contribution >= 0.6 is 0 Å². The maximum Gasteiger partial charge on any atom is 0.243 e. The molecule has 6 heteroatoms. The molecule has 0 aliphatic carbocycles. The van der Waals surface area contributed by atoms with Crippen LogP contribution in [0.15, 0.2) is 36.7 Å². The number of carbonyl (C=O) groups is 2. The summed E-state index contributed by atoms with van der Waals surface area (Å²) in [5, 5.41) is 6.99. The minimum atomic E-state index is -0.459. The first-order chi connectivity index (χ1) is 11.0. The van der Waals surface area contributed by atoms with Crippen molar-refractivity contribution in [1.82, 2.24) is 20.0 Å². The molecular weight excluding hydrogens is 292 g/mol. The van der Waals surface area contributed by atoms with Crippen LogP contribution in [-0.4, -0.2) is 32.5 Å². The van der Waals surface area contributed by atoms with Crippen molar-refractivity contribution in [1.29, 1.82) is 0 Å². The Labute approximate surface area is 135 Å². The lowest BCUT2D eigenvalue weighted by atomic mass is 9.93. The molecule has 2 heterocycles. The molecule has 1 aromatic heterocycles. The summed E-state index contributed by atoms with van der Waals surface area (Å²) in [4.78, 5) is 26.1. The van der Waals surface area contributed by atoms with E-state index in [-0.39, 0.29) is 11.8 Å². The van der Waals surface area contributed by atoms with Gasteiger partial charge in [0, 0.05) is 45.2 Å². The fourth-order valence-electron chi connectivity index (χ4n) is 2.96. The summed E-state index contributed by atoms with van der Waals surface area (Å²) < 4.78 is 1.69. The van der Waals surface area contributed by atoms with E-state index < -0.39 is 6.04 Å².